The van der Waals surface area contributed by atoms with Crippen molar-refractivity contribution in [2.45, 2.75) is 6.92 Å². The van der Waals surface area contributed by atoms with E-state index in [-0.39, 0.29) is 11.8 Å². The normalized spacial score (nSPS) is 11.4. The molecular formula is C11H15N5O. The summed E-state index contributed by atoms with van der Waals surface area (Å²) in [5, 5.41) is 11.3. The molecule has 0 spiro atoms. The Balaban J connectivity index is 2.73. The quantitative estimate of drug-likeness (QED) is 0.801. The van der Waals surface area contributed by atoms with E-state index in [2.05, 4.69) is 15.3 Å². The van der Waals surface area contributed by atoms with Crippen molar-refractivity contribution >= 4 is 11.9 Å². The number of hydrogen-bond donors (Lipinski definition) is 1. The Bertz CT molecular complexity index is 440. The number of nitriles is 1. The SMILES string of the molecule is CNC(=O)C(C)CN(C)c1nccc(C#N)n1. The van der Waals surface area contributed by atoms with Crippen LogP contribution in [0.1, 0.15) is 12.6 Å². The van der Waals surface area contributed by atoms with E-state index >= 15 is 0 Å². The molecule has 17 heavy (non-hydrogen) atoms. The maximum atomic E-state index is 11.4. The summed E-state index contributed by atoms with van der Waals surface area (Å²) in [6.45, 7) is 2.32. The number of aromatic nitrogens is 2. The predicted molar refractivity (Wildman–Crippen MR) is 63.2 cm³/mol. The van der Waals surface area contributed by atoms with Crippen LogP contribution < -0.4 is 10.2 Å². The summed E-state index contributed by atoms with van der Waals surface area (Å²) in [5.74, 6) is 0.243. The minimum atomic E-state index is -0.167. The van der Waals surface area contributed by atoms with E-state index in [4.69, 9.17) is 5.26 Å². The Labute approximate surface area is 100 Å². The molecule has 1 atom stereocenters. The Morgan fingerprint density at radius 3 is 3.00 bits per heavy atom. The van der Waals surface area contributed by atoms with Crippen molar-refractivity contribution in [1.29, 1.82) is 5.26 Å². The molecule has 0 saturated carbocycles. The summed E-state index contributed by atoms with van der Waals surface area (Å²) in [6.07, 6.45) is 1.53. The topological polar surface area (TPSA) is 81.9 Å². The summed E-state index contributed by atoms with van der Waals surface area (Å²) in [5.41, 5.74) is 0.314. The molecule has 1 rings (SSSR count). The molecule has 1 aromatic rings. The van der Waals surface area contributed by atoms with E-state index in [9.17, 15) is 4.79 Å². The molecule has 1 aromatic heterocycles. The first kappa shape index (κ1) is 12.9. The molecule has 90 valence electrons. The molecule has 0 bridgehead atoms. The van der Waals surface area contributed by atoms with Gasteiger partial charge in [0, 0.05) is 26.8 Å². The van der Waals surface area contributed by atoms with Crippen molar-refractivity contribution in [3.8, 4) is 6.07 Å². The van der Waals surface area contributed by atoms with Crippen LogP contribution in [-0.2, 0) is 4.79 Å². The molecule has 0 aromatic carbocycles. The van der Waals surface area contributed by atoms with Crippen molar-refractivity contribution in [1.82, 2.24) is 15.3 Å². The van der Waals surface area contributed by atoms with Gasteiger partial charge in [-0.25, -0.2) is 9.97 Å². The van der Waals surface area contributed by atoms with Crippen LogP contribution in [-0.4, -0.2) is 36.5 Å². The highest BCUT2D eigenvalue weighted by Crippen LogP contribution is 2.08. The monoisotopic (exact) mass is 233 g/mol. The van der Waals surface area contributed by atoms with Gasteiger partial charge < -0.3 is 10.2 Å². The number of nitrogens with zero attached hydrogens (tertiary/aromatic N) is 4. The molecule has 0 aliphatic carbocycles. The van der Waals surface area contributed by atoms with E-state index in [0.717, 1.165) is 0 Å². The van der Waals surface area contributed by atoms with E-state index < -0.39 is 0 Å². The molecule has 1 heterocycles. The van der Waals surface area contributed by atoms with Gasteiger partial charge in [-0.15, -0.1) is 0 Å². The predicted octanol–water partition coefficient (Wildman–Crippen LogP) is 0.167. The third kappa shape index (κ3) is 3.41. The number of carbonyl (C=O) groups is 1. The molecule has 1 unspecified atom stereocenters. The zero-order valence-corrected chi connectivity index (χ0v) is 10.1. The second-order valence-corrected chi connectivity index (χ2v) is 3.75. The fourth-order valence-corrected chi connectivity index (χ4v) is 1.42. The Morgan fingerprint density at radius 2 is 2.41 bits per heavy atom. The average Bonchev–Trinajstić information content (AvgIpc) is 2.37. The fourth-order valence-electron chi connectivity index (χ4n) is 1.42. The van der Waals surface area contributed by atoms with Crippen LogP contribution in [0, 0.1) is 17.2 Å². The van der Waals surface area contributed by atoms with Gasteiger partial charge in [-0.1, -0.05) is 6.92 Å². The van der Waals surface area contributed by atoms with Gasteiger partial charge in [-0.3, -0.25) is 4.79 Å². The largest absolute Gasteiger partial charge is 0.359 e. The molecule has 0 aliphatic rings. The standard InChI is InChI=1S/C11H15N5O/c1-8(10(17)13-2)7-16(3)11-14-5-4-9(6-12)15-11/h4-5,8H,7H2,1-3H3,(H,13,17). The summed E-state index contributed by atoms with van der Waals surface area (Å²) in [4.78, 5) is 21.2. The van der Waals surface area contributed by atoms with Gasteiger partial charge in [-0.05, 0) is 6.07 Å². The summed E-state index contributed by atoms with van der Waals surface area (Å²) in [6, 6.07) is 3.49. The van der Waals surface area contributed by atoms with Gasteiger partial charge in [0.2, 0.25) is 11.9 Å². The van der Waals surface area contributed by atoms with Crippen molar-refractivity contribution < 1.29 is 4.79 Å². The summed E-state index contributed by atoms with van der Waals surface area (Å²) >= 11 is 0. The average molecular weight is 233 g/mol. The van der Waals surface area contributed by atoms with E-state index in [1.807, 2.05) is 13.0 Å². The van der Waals surface area contributed by atoms with Crippen molar-refractivity contribution in [2.24, 2.45) is 5.92 Å². The maximum absolute atomic E-state index is 11.4. The lowest BCUT2D eigenvalue weighted by Gasteiger charge is -2.20. The van der Waals surface area contributed by atoms with Crippen LogP contribution in [0.15, 0.2) is 12.3 Å². The van der Waals surface area contributed by atoms with Crippen molar-refractivity contribution in [2.75, 3.05) is 25.5 Å². The van der Waals surface area contributed by atoms with Crippen molar-refractivity contribution in [3.05, 3.63) is 18.0 Å². The highest BCUT2D eigenvalue weighted by molar-refractivity contribution is 5.78. The number of nitrogens with one attached hydrogen (secondary N) is 1. The molecule has 1 amide bonds. The molecule has 1 N–H and O–H groups in total. The Morgan fingerprint density at radius 1 is 1.71 bits per heavy atom. The minimum absolute atomic E-state index is 0.0340. The lowest BCUT2D eigenvalue weighted by atomic mass is 10.1. The van der Waals surface area contributed by atoms with Gasteiger partial charge in [0.25, 0.3) is 0 Å². The van der Waals surface area contributed by atoms with Gasteiger partial charge >= 0.3 is 0 Å². The molecule has 0 aliphatic heterocycles. The molecular weight excluding hydrogens is 218 g/mol. The number of amides is 1. The highest BCUT2D eigenvalue weighted by Gasteiger charge is 2.15. The zero-order chi connectivity index (χ0) is 12.8. The molecule has 0 radical (unpaired) electrons. The zero-order valence-electron chi connectivity index (χ0n) is 10.1. The smallest absolute Gasteiger partial charge is 0.226 e. The molecule has 0 fully saturated rings. The van der Waals surface area contributed by atoms with Gasteiger partial charge in [0.05, 0.1) is 5.92 Å². The number of hydrogen-bond acceptors (Lipinski definition) is 5. The minimum Gasteiger partial charge on any atom is -0.359 e. The van der Waals surface area contributed by atoms with Gasteiger partial charge in [-0.2, -0.15) is 5.26 Å². The first-order valence-corrected chi connectivity index (χ1v) is 5.24. The van der Waals surface area contributed by atoms with Crippen LogP contribution in [0.5, 0.6) is 0 Å². The molecule has 0 saturated heterocycles. The number of carbonyl (C=O) groups excluding carboxylic acids is 1. The number of rotatable bonds is 4. The first-order valence-electron chi connectivity index (χ1n) is 5.24. The third-order valence-corrected chi connectivity index (χ3v) is 2.34. The third-order valence-electron chi connectivity index (χ3n) is 2.34. The Kier molecular flexibility index (Phi) is 4.40. The lowest BCUT2D eigenvalue weighted by Crippen LogP contribution is -2.35. The van der Waals surface area contributed by atoms with Gasteiger partial charge in [0.15, 0.2) is 0 Å². The van der Waals surface area contributed by atoms with Crippen LogP contribution in [0.3, 0.4) is 0 Å². The van der Waals surface area contributed by atoms with E-state index in [1.165, 1.54) is 6.20 Å². The van der Waals surface area contributed by atoms with Gasteiger partial charge in [0.1, 0.15) is 11.8 Å². The lowest BCUT2D eigenvalue weighted by molar-refractivity contribution is -0.123. The maximum Gasteiger partial charge on any atom is 0.226 e. The second kappa shape index (κ2) is 5.80. The fraction of sp³-hybridized carbons (Fsp3) is 0.455. The van der Waals surface area contributed by atoms with Crippen molar-refractivity contribution in [3.63, 3.8) is 0 Å². The van der Waals surface area contributed by atoms with E-state index in [0.29, 0.717) is 18.2 Å². The number of anilines is 1. The van der Waals surface area contributed by atoms with E-state index in [1.54, 1.807) is 25.1 Å². The molecule has 6 nitrogen and oxygen atoms in total. The molecule has 6 heteroatoms. The highest BCUT2D eigenvalue weighted by atomic mass is 16.1. The van der Waals surface area contributed by atoms with Crippen LogP contribution in [0.25, 0.3) is 0 Å². The van der Waals surface area contributed by atoms with Crippen LogP contribution >= 0.6 is 0 Å². The van der Waals surface area contributed by atoms with Crippen LogP contribution in [0.2, 0.25) is 0 Å². The first-order chi connectivity index (χ1) is 8.08. The van der Waals surface area contributed by atoms with Crippen LogP contribution in [0.4, 0.5) is 5.95 Å². The summed E-state index contributed by atoms with van der Waals surface area (Å²) in [7, 11) is 3.39. The second-order valence-electron chi connectivity index (χ2n) is 3.75. The Hall–Kier alpha value is -2.16. The summed E-state index contributed by atoms with van der Waals surface area (Å²) < 4.78 is 0.